The third-order valence-corrected chi connectivity index (χ3v) is 5.34. The largest absolute Gasteiger partial charge is 0.333 e. The molecule has 24 heavy (non-hydrogen) atoms. The molecular formula is C17H23Cl2N3O2. The molecule has 1 heterocycles. The van der Waals surface area contributed by atoms with Gasteiger partial charge in [0.15, 0.2) is 0 Å². The molecular weight excluding hydrogens is 349 g/mol. The van der Waals surface area contributed by atoms with Crippen LogP contribution in [-0.2, 0) is 9.59 Å². The Morgan fingerprint density at radius 1 is 1.29 bits per heavy atom. The third-order valence-electron chi connectivity index (χ3n) is 5.02. The summed E-state index contributed by atoms with van der Waals surface area (Å²) in [4.78, 5) is 28.7. The van der Waals surface area contributed by atoms with Crippen molar-refractivity contribution in [2.75, 3.05) is 18.5 Å². The van der Waals surface area contributed by atoms with Gasteiger partial charge in [-0.2, -0.15) is 0 Å². The number of anilines is 1. The van der Waals surface area contributed by atoms with E-state index in [1.54, 1.807) is 22.9 Å². The Morgan fingerprint density at radius 3 is 2.62 bits per heavy atom. The van der Waals surface area contributed by atoms with Crippen molar-refractivity contribution in [2.24, 2.45) is 11.7 Å². The Labute approximate surface area is 153 Å². The molecule has 2 N–H and O–H groups in total. The molecule has 2 fully saturated rings. The van der Waals surface area contributed by atoms with E-state index >= 15 is 0 Å². The molecule has 1 aliphatic carbocycles. The van der Waals surface area contributed by atoms with E-state index in [0.717, 1.165) is 19.3 Å². The van der Waals surface area contributed by atoms with E-state index in [0.29, 0.717) is 23.7 Å². The summed E-state index contributed by atoms with van der Waals surface area (Å²) in [5.41, 5.74) is 6.74. The van der Waals surface area contributed by atoms with E-state index in [4.69, 9.17) is 17.3 Å². The van der Waals surface area contributed by atoms with Gasteiger partial charge >= 0.3 is 0 Å². The van der Waals surface area contributed by atoms with Crippen LogP contribution in [0.2, 0.25) is 5.02 Å². The first-order valence-electron chi connectivity index (χ1n) is 8.09. The molecule has 0 bridgehead atoms. The summed E-state index contributed by atoms with van der Waals surface area (Å²) >= 11 is 6.19. The summed E-state index contributed by atoms with van der Waals surface area (Å²) in [6, 6.07) is 6.78. The molecule has 2 aliphatic rings. The summed E-state index contributed by atoms with van der Waals surface area (Å²) in [5.74, 6) is -0.225. The molecule has 0 radical (unpaired) electrons. The fourth-order valence-corrected chi connectivity index (χ4v) is 3.88. The van der Waals surface area contributed by atoms with Crippen molar-refractivity contribution in [1.29, 1.82) is 0 Å². The first-order valence-corrected chi connectivity index (χ1v) is 8.46. The Morgan fingerprint density at radius 2 is 2.00 bits per heavy atom. The highest BCUT2D eigenvalue weighted by Gasteiger charge is 2.41. The standard InChI is InChI=1S/C17H22ClN3O2.ClH/c1-20(16(22)11-5-4-7-13(11)19)15-9-10-21(17(15)23)14-8-3-2-6-12(14)18;/h2-3,6,8,11,13,15H,4-5,7,9-10,19H2,1H3;1H. The van der Waals surface area contributed by atoms with Crippen molar-refractivity contribution in [3.8, 4) is 0 Å². The number of hydrogen-bond acceptors (Lipinski definition) is 3. The maximum absolute atomic E-state index is 12.7. The van der Waals surface area contributed by atoms with Gasteiger partial charge in [0.05, 0.1) is 16.6 Å². The van der Waals surface area contributed by atoms with Gasteiger partial charge in [0.2, 0.25) is 11.8 Å². The lowest BCUT2D eigenvalue weighted by Crippen LogP contribution is -2.47. The van der Waals surface area contributed by atoms with Crippen molar-refractivity contribution in [3.63, 3.8) is 0 Å². The van der Waals surface area contributed by atoms with Crippen molar-refractivity contribution in [1.82, 2.24) is 4.90 Å². The summed E-state index contributed by atoms with van der Waals surface area (Å²) in [6.07, 6.45) is 3.30. The molecule has 1 saturated carbocycles. The van der Waals surface area contributed by atoms with Crippen LogP contribution in [-0.4, -0.2) is 42.4 Å². The minimum Gasteiger partial charge on any atom is -0.333 e. The Hall–Kier alpha value is -1.30. The van der Waals surface area contributed by atoms with Crippen LogP contribution in [0.1, 0.15) is 25.7 Å². The van der Waals surface area contributed by atoms with Crippen molar-refractivity contribution >= 4 is 41.5 Å². The highest BCUT2D eigenvalue weighted by atomic mass is 35.5. The first kappa shape index (κ1) is 19.0. The normalized spacial score (nSPS) is 26.4. The number of benzene rings is 1. The summed E-state index contributed by atoms with van der Waals surface area (Å²) in [7, 11) is 1.71. The zero-order valence-electron chi connectivity index (χ0n) is 13.7. The minimum absolute atomic E-state index is 0. The van der Waals surface area contributed by atoms with Gasteiger partial charge in [-0.15, -0.1) is 12.4 Å². The first-order chi connectivity index (χ1) is 11.0. The molecule has 2 amide bonds. The lowest BCUT2D eigenvalue weighted by Gasteiger charge is -2.28. The van der Waals surface area contributed by atoms with Crippen molar-refractivity contribution in [3.05, 3.63) is 29.3 Å². The molecule has 3 unspecified atom stereocenters. The fraction of sp³-hybridized carbons (Fsp3) is 0.529. The number of nitrogens with zero attached hydrogens (tertiary/aromatic N) is 2. The topological polar surface area (TPSA) is 66.6 Å². The quantitative estimate of drug-likeness (QED) is 0.886. The van der Waals surface area contributed by atoms with E-state index in [1.807, 2.05) is 18.2 Å². The van der Waals surface area contributed by atoms with Gasteiger partial charge in [-0.3, -0.25) is 9.59 Å². The number of likely N-dealkylation sites (N-methyl/N-ethyl adjacent to an activating group) is 1. The van der Waals surface area contributed by atoms with Crippen LogP contribution >= 0.6 is 24.0 Å². The third kappa shape index (κ3) is 3.39. The van der Waals surface area contributed by atoms with E-state index in [1.165, 1.54) is 0 Å². The average Bonchev–Trinajstić information content (AvgIpc) is 3.12. The Bertz CT molecular complexity index is 626. The average molecular weight is 372 g/mol. The number of carbonyl (C=O) groups excluding carboxylic acids is 2. The molecule has 5 nitrogen and oxygen atoms in total. The molecule has 132 valence electrons. The summed E-state index contributed by atoms with van der Waals surface area (Å²) in [5, 5.41) is 0.549. The van der Waals surface area contributed by atoms with E-state index < -0.39 is 6.04 Å². The van der Waals surface area contributed by atoms with Crippen LogP contribution in [0.4, 0.5) is 5.69 Å². The Balaban J connectivity index is 0.00000208. The number of carbonyl (C=O) groups is 2. The number of halogens is 2. The van der Waals surface area contributed by atoms with E-state index in [-0.39, 0.29) is 36.2 Å². The monoisotopic (exact) mass is 371 g/mol. The van der Waals surface area contributed by atoms with E-state index in [9.17, 15) is 9.59 Å². The second-order valence-corrected chi connectivity index (χ2v) is 6.80. The molecule has 7 heteroatoms. The summed E-state index contributed by atoms with van der Waals surface area (Å²) < 4.78 is 0. The molecule has 3 atom stereocenters. The summed E-state index contributed by atoms with van der Waals surface area (Å²) in [6.45, 7) is 0.571. The highest BCUT2D eigenvalue weighted by molar-refractivity contribution is 6.34. The van der Waals surface area contributed by atoms with Gasteiger partial charge in [0.1, 0.15) is 6.04 Å². The van der Waals surface area contributed by atoms with Gasteiger partial charge in [-0.25, -0.2) is 0 Å². The maximum Gasteiger partial charge on any atom is 0.249 e. The van der Waals surface area contributed by atoms with Crippen LogP contribution in [0.5, 0.6) is 0 Å². The van der Waals surface area contributed by atoms with Gasteiger partial charge in [-0.1, -0.05) is 30.2 Å². The number of rotatable bonds is 3. The van der Waals surface area contributed by atoms with Gasteiger partial charge in [0, 0.05) is 19.6 Å². The van der Waals surface area contributed by atoms with Crippen molar-refractivity contribution in [2.45, 2.75) is 37.8 Å². The zero-order valence-corrected chi connectivity index (χ0v) is 15.2. The van der Waals surface area contributed by atoms with Crippen LogP contribution in [0.25, 0.3) is 0 Å². The fourth-order valence-electron chi connectivity index (χ4n) is 3.64. The molecule has 3 rings (SSSR count). The van der Waals surface area contributed by atoms with Crippen LogP contribution in [0.15, 0.2) is 24.3 Å². The number of hydrogen-bond donors (Lipinski definition) is 1. The number of nitrogens with two attached hydrogens (primary N) is 1. The molecule has 1 saturated heterocycles. The number of amides is 2. The molecule has 1 aromatic carbocycles. The van der Waals surface area contributed by atoms with E-state index in [2.05, 4.69) is 0 Å². The molecule has 0 aromatic heterocycles. The highest BCUT2D eigenvalue weighted by Crippen LogP contribution is 2.32. The van der Waals surface area contributed by atoms with Gasteiger partial charge < -0.3 is 15.5 Å². The second kappa shape index (κ2) is 7.72. The minimum atomic E-state index is -0.424. The lowest BCUT2D eigenvalue weighted by molar-refractivity contribution is -0.140. The lowest BCUT2D eigenvalue weighted by atomic mass is 10.0. The predicted molar refractivity (Wildman–Crippen MR) is 97.5 cm³/mol. The molecule has 1 aliphatic heterocycles. The van der Waals surface area contributed by atoms with Crippen LogP contribution < -0.4 is 10.6 Å². The van der Waals surface area contributed by atoms with Gasteiger partial charge in [-0.05, 0) is 31.4 Å². The maximum atomic E-state index is 12.7. The van der Waals surface area contributed by atoms with Crippen molar-refractivity contribution < 1.29 is 9.59 Å². The van der Waals surface area contributed by atoms with Gasteiger partial charge in [0.25, 0.3) is 0 Å². The molecule has 1 aromatic rings. The predicted octanol–water partition coefficient (Wildman–Crippen LogP) is 2.45. The molecule has 0 spiro atoms. The second-order valence-electron chi connectivity index (χ2n) is 6.40. The Kier molecular flexibility index (Phi) is 6.12. The van der Waals surface area contributed by atoms with Crippen LogP contribution in [0, 0.1) is 5.92 Å². The van der Waals surface area contributed by atoms with Crippen LogP contribution in [0.3, 0.4) is 0 Å². The zero-order chi connectivity index (χ0) is 16.6. The SMILES string of the molecule is CN(C(=O)C1CCCC1N)C1CCN(c2ccccc2Cl)C1=O.Cl. The smallest absolute Gasteiger partial charge is 0.249 e. The number of para-hydroxylation sites is 1.